The average molecular weight is 420 g/mol. The summed E-state index contributed by atoms with van der Waals surface area (Å²) in [5.74, 6) is 2.29. The van der Waals surface area contributed by atoms with E-state index in [1.54, 1.807) is 23.1 Å². The van der Waals surface area contributed by atoms with Gasteiger partial charge >= 0.3 is 0 Å². The van der Waals surface area contributed by atoms with Crippen molar-refractivity contribution in [2.75, 3.05) is 18.8 Å². The molecule has 1 aliphatic rings. The molecule has 0 unspecified atom stereocenters. The first-order valence-corrected chi connectivity index (χ1v) is 11.8. The number of carbonyl (C=O) groups excluding carboxylic acids is 1. The van der Waals surface area contributed by atoms with Gasteiger partial charge < -0.3 is 9.47 Å². The summed E-state index contributed by atoms with van der Waals surface area (Å²) in [5, 5.41) is 9.49. The number of hydrogen-bond donors (Lipinski definition) is 0. The number of thiazole rings is 1. The lowest BCUT2D eigenvalue weighted by Crippen LogP contribution is -2.29. The summed E-state index contributed by atoms with van der Waals surface area (Å²) in [7, 11) is 0. The maximum absolute atomic E-state index is 12.3. The predicted octanol–water partition coefficient (Wildman–Crippen LogP) is 3.91. The minimum Gasteiger partial charge on any atom is -0.342 e. The van der Waals surface area contributed by atoms with Gasteiger partial charge in [-0.3, -0.25) is 4.79 Å². The lowest BCUT2D eigenvalue weighted by Gasteiger charge is -2.14. The van der Waals surface area contributed by atoms with E-state index in [2.05, 4.69) is 32.7 Å². The van der Waals surface area contributed by atoms with Gasteiger partial charge in [-0.1, -0.05) is 35.7 Å². The molecular weight excluding hydrogens is 398 g/mol. The van der Waals surface area contributed by atoms with Crippen LogP contribution in [0.1, 0.15) is 25.6 Å². The first-order valence-electron chi connectivity index (χ1n) is 9.05. The largest absolute Gasteiger partial charge is 0.342 e. The molecule has 0 radical (unpaired) electrons. The molecular formula is C18H21N5OS3. The van der Waals surface area contributed by atoms with E-state index in [1.807, 2.05) is 23.1 Å². The van der Waals surface area contributed by atoms with Gasteiger partial charge in [0.15, 0.2) is 9.50 Å². The minimum absolute atomic E-state index is 0.202. The van der Waals surface area contributed by atoms with Crippen LogP contribution in [0.15, 0.2) is 33.8 Å². The maximum Gasteiger partial charge on any atom is 0.233 e. The highest BCUT2D eigenvalue weighted by Gasteiger charge is 2.20. The van der Waals surface area contributed by atoms with Gasteiger partial charge in [0, 0.05) is 19.6 Å². The quantitative estimate of drug-likeness (QED) is 0.541. The zero-order valence-electron chi connectivity index (χ0n) is 15.1. The summed E-state index contributed by atoms with van der Waals surface area (Å²) < 4.78 is 4.34. The highest BCUT2D eigenvalue weighted by molar-refractivity contribution is 8.00. The molecule has 1 saturated heterocycles. The summed E-state index contributed by atoms with van der Waals surface area (Å²) >= 11 is 4.88. The van der Waals surface area contributed by atoms with Crippen LogP contribution < -0.4 is 0 Å². The molecule has 6 nitrogen and oxygen atoms in total. The van der Waals surface area contributed by atoms with Crippen molar-refractivity contribution in [3.63, 3.8) is 0 Å². The van der Waals surface area contributed by atoms with Crippen molar-refractivity contribution >= 4 is 51.0 Å². The number of likely N-dealkylation sites (tertiary alicyclic amines) is 1. The molecule has 0 atom stereocenters. The highest BCUT2D eigenvalue weighted by Crippen LogP contribution is 2.31. The van der Waals surface area contributed by atoms with Gasteiger partial charge in [0.25, 0.3) is 0 Å². The van der Waals surface area contributed by atoms with E-state index in [0.29, 0.717) is 5.75 Å². The Hall–Kier alpha value is -1.58. The van der Waals surface area contributed by atoms with Gasteiger partial charge in [0.2, 0.25) is 5.91 Å². The van der Waals surface area contributed by atoms with Crippen molar-refractivity contribution in [2.45, 2.75) is 41.6 Å². The monoisotopic (exact) mass is 419 g/mol. The van der Waals surface area contributed by atoms with Crippen molar-refractivity contribution in [3.8, 4) is 0 Å². The zero-order chi connectivity index (χ0) is 18.6. The molecule has 0 saturated carbocycles. The molecule has 4 rings (SSSR count). The van der Waals surface area contributed by atoms with E-state index in [9.17, 15) is 4.79 Å². The number of nitrogens with zero attached hydrogens (tertiary/aromatic N) is 5. The second kappa shape index (κ2) is 8.62. The van der Waals surface area contributed by atoms with E-state index in [4.69, 9.17) is 0 Å². The number of amides is 1. The summed E-state index contributed by atoms with van der Waals surface area (Å²) in [6.07, 6.45) is 2.24. The fraction of sp³-hybridized carbons (Fsp3) is 0.444. The number of carbonyl (C=O) groups is 1. The molecule has 142 valence electrons. The summed E-state index contributed by atoms with van der Waals surface area (Å²) in [6.45, 7) is 4.67. The number of hydrogen-bond acceptors (Lipinski definition) is 7. The Kier molecular flexibility index (Phi) is 5.99. The fourth-order valence-corrected chi connectivity index (χ4v) is 6.01. The Balaban J connectivity index is 1.38. The predicted molar refractivity (Wildman–Crippen MR) is 111 cm³/mol. The van der Waals surface area contributed by atoms with Gasteiger partial charge in [0.05, 0.1) is 21.7 Å². The van der Waals surface area contributed by atoms with Crippen LogP contribution in [0.5, 0.6) is 0 Å². The van der Waals surface area contributed by atoms with Crippen LogP contribution in [0.4, 0.5) is 0 Å². The molecule has 1 aromatic carbocycles. The molecule has 9 heteroatoms. The highest BCUT2D eigenvalue weighted by atomic mass is 32.2. The third kappa shape index (κ3) is 4.30. The normalized spacial score (nSPS) is 14.3. The van der Waals surface area contributed by atoms with E-state index in [0.717, 1.165) is 59.1 Å². The van der Waals surface area contributed by atoms with E-state index < -0.39 is 0 Å². The van der Waals surface area contributed by atoms with Crippen LogP contribution >= 0.6 is 34.9 Å². The Morgan fingerprint density at radius 1 is 1.19 bits per heavy atom. The van der Waals surface area contributed by atoms with Crippen LogP contribution in [0.2, 0.25) is 0 Å². The molecule has 2 aromatic heterocycles. The Labute approximate surface area is 170 Å². The van der Waals surface area contributed by atoms with Crippen molar-refractivity contribution in [1.82, 2.24) is 24.6 Å². The SMILES string of the molecule is CCn1c(CSc2nc3ccccc3s2)nnc1SCC(=O)N1CCCC1. The van der Waals surface area contributed by atoms with Gasteiger partial charge in [-0.15, -0.1) is 21.5 Å². The molecule has 1 fully saturated rings. The standard InChI is InChI=1S/C18H21N5OS3/c1-2-23-15(11-26-18-19-13-7-3-4-8-14(13)27-18)20-21-17(23)25-12-16(24)22-9-5-6-10-22/h3-4,7-8H,2,5-6,9-12H2,1H3. The molecule has 27 heavy (non-hydrogen) atoms. The van der Waals surface area contributed by atoms with Crippen LogP contribution in [0.3, 0.4) is 0 Å². The van der Waals surface area contributed by atoms with Crippen molar-refractivity contribution in [1.29, 1.82) is 0 Å². The number of rotatable bonds is 7. The van der Waals surface area contributed by atoms with Crippen LogP contribution in [-0.2, 0) is 17.1 Å². The summed E-state index contributed by atoms with van der Waals surface area (Å²) in [5.41, 5.74) is 1.04. The molecule has 0 bridgehead atoms. The molecule has 0 N–H and O–H groups in total. The van der Waals surface area contributed by atoms with Gasteiger partial charge in [0.1, 0.15) is 5.82 Å². The fourth-order valence-electron chi connectivity index (χ4n) is 3.07. The molecule has 0 spiro atoms. The Bertz CT molecular complexity index is 899. The van der Waals surface area contributed by atoms with E-state index >= 15 is 0 Å². The number of para-hydroxylation sites is 1. The van der Waals surface area contributed by atoms with E-state index in [1.165, 1.54) is 16.5 Å². The number of fused-ring (bicyclic) bond motifs is 1. The molecule has 1 aliphatic heterocycles. The average Bonchev–Trinajstić information content (AvgIpc) is 3.43. The first-order chi connectivity index (χ1) is 13.2. The smallest absolute Gasteiger partial charge is 0.233 e. The van der Waals surface area contributed by atoms with Crippen LogP contribution in [0.25, 0.3) is 10.2 Å². The lowest BCUT2D eigenvalue weighted by atomic mass is 10.3. The molecule has 3 heterocycles. The van der Waals surface area contributed by atoms with Crippen molar-refractivity contribution < 1.29 is 4.79 Å². The second-order valence-corrected chi connectivity index (χ2v) is 9.45. The molecule has 0 aliphatic carbocycles. The first kappa shape index (κ1) is 18.8. The van der Waals surface area contributed by atoms with Crippen molar-refractivity contribution in [2.24, 2.45) is 0 Å². The Morgan fingerprint density at radius 3 is 2.78 bits per heavy atom. The van der Waals surface area contributed by atoms with E-state index in [-0.39, 0.29) is 5.91 Å². The minimum atomic E-state index is 0.202. The summed E-state index contributed by atoms with van der Waals surface area (Å²) in [6, 6.07) is 8.18. The third-order valence-corrected chi connectivity index (χ3v) is 7.62. The van der Waals surface area contributed by atoms with Crippen LogP contribution in [0, 0.1) is 0 Å². The topological polar surface area (TPSA) is 63.9 Å². The van der Waals surface area contributed by atoms with Crippen molar-refractivity contribution in [3.05, 3.63) is 30.1 Å². The number of aromatic nitrogens is 4. The third-order valence-electron chi connectivity index (χ3n) is 4.49. The molecule has 3 aromatic rings. The van der Waals surface area contributed by atoms with Gasteiger partial charge in [-0.05, 0) is 31.9 Å². The van der Waals surface area contributed by atoms with Gasteiger partial charge in [-0.25, -0.2) is 4.98 Å². The Morgan fingerprint density at radius 2 is 2.00 bits per heavy atom. The lowest BCUT2D eigenvalue weighted by molar-refractivity contribution is -0.127. The number of benzene rings is 1. The zero-order valence-corrected chi connectivity index (χ0v) is 17.6. The maximum atomic E-state index is 12.3. The second-order valence-electron chi connectivity index (χ2n) is 6.26. The summed E-state index contributed by atoms with van der Waals surface area (Å²) in [4.78, 5) is 18.9. The van der Waals surface area contributed by atoms with Crippen LogP contribution in [-0.4, -0.2) is 49.4 Å². The molecule has 1 amide bonds. The number of thioether (sulfide) groups is 2. The van der Waals surface area contributed by atoms with Gasteiger partial charge in [-0.2, -0.15) is 0 Å².